The monoisotopic (exact) mass is 212 g/mol. The first-order valence-corrected chi connectivity index (χ1v) is 5.74. The van der Waals surface area contributed by atoms with E-state index in [-0.39, 0.29) is 6.61 Å². The van der Waals surface area contributed by atoms with E-state index >= 15 is 0 Å². The van der Waals surface area contributed by atoms with Gasteiger partial charge in [0.25, 0.3) is 0 Å². The molecule has 0 aliphatic heterocycles. The first kappa shape index (κ1) is 14.4. The summed E-state index contributed by atoms with van der Waals surface area (Å²) in [6.45, 7) is 7.74. The molecule has 15 heavy (non-hydrogen) atoms. The SMILES string of the molecule is C=C(C)C[C@H](O)/C(=C/CCCCC)CO. The van der Waals surface area contributed by atoms with Crippen molar-refractivity contribution in [2.45, 2.75) is 52.1 Å². The maximum Gasteiger partial charge on any atom is 0.0809 e. The zero-order valence-electron chi connectivity index (χ0n) is 10.00. The summed E-state index contributed by atoms with van der Waals surface area (Å²) < 4.78 is 0. The van der Waals surface area contributed by atoms with Crippen LogP contribution < -0.4 is 0 Å². The largest absolute Gasteiger partial charge is 0.392 e. The number of aliphatic hydroxyl groups is 2. The number of hydrogen-bond acceptors (Lipinski definition) is 2. The third kappa shape index (κ3) is 7.34. The number of allylic oxidation sites excluding steroid dienone is 1. The number of aliphatic hydroxyl groups excluding tert-OH is 2. The van der Waals surface area contributed by atoms with E-state index in [4.69, 9.17) is 5.11 Å². The summed E-state index contributed by atoms with van der Waals surface area (Å²) in [5, 5.41) is 18.9. The zero-order valence-corrected chi connectivity index (χ0v) is 10.00. The maximum absolute atomic E-state index is 9.75. The Hall–Kier alpha value is -0.600. The molecule has 0 spiro atoms. The van der Waals surface area contributed by atoms with Crippen LogP contribution in [-0.2, 0) is 0 Å². The summed E-state index contributed by atoms with van der Waals surface area (Å²) in [7, 11) is 0. The van der Waals surface area contributed by atoms with Crippen molar-refractivity contribution in [1.29, 1.82) is 0 Å². The second-order valence-corrected chi connectivity index (χ2v) is 4.11. The van der Waals surface area contributed by atoms with E-state index in [0.717, 1.165) is 24.0 Å². The average molecular weight is 212 g/mol. The molecule has 0 radical (unpaired) electrons. The fourth-order valence-corrected chi connectivity index (χ4v) is 1.45. The van der Waals surface area contributed by atoms with Crippen LogP contribution in [0.5, 0.6) is 0 Å². The summed E-state index contributed by atoms with van der Waals surface area (Å²) in [6, 6.07) is 0. The molecule has 2 N–H and O–H groups in total. The number of unbranched alkanes of at least 4 members (excludes halogenated alkanes) is 3. The highest BCUT2D eigenvalue weighted by Gasteiger charge is 2.09. The van der Waals surface area contributed by atoms with Crippen molar-refractivity contribution in [2.24, 2.45) is 0 Å². The highest BCUT2D eigenvalue weighted by Crippen LogP contribution is 2.13. The van der Waals surface area contributed by atoms with Crippen LogP contribution in [0.2, 0.25) is 0 Å². The van der Waals surface area contributed by atoms with Gasteiger partial charge in [-0.3, -0.25) is 0 Å². The second kappa shape index (κ2) is 8.69. The quantitative estimate of drug-likeness (QED) is 0.480. The van der Waals surface area contributed by atoms with Crippen LogP contribution in [0.3, 0.4) is 0 Å². The fourth-order valence-electron chi connectivity index (χ4n) is 1.45. The second-order valence-electron chi connectivity index (χ2n) is 4.11. The van der Waals surface area contributed by atoms with Gasteiger partial charge in [-0.05, 0) is 31.8 Å². The molecular formula is C13H24O2. The Morgan fingerprint density at radius 3 is 2.53 bits per heavy atom. The molecule has 0 aliphatic rings. The zero-order chi connectivity index (χ0) is 11.7. The van der Waals surface area contributed by atoms with Crippen molar-refractivity contribution in [3.05, 3.63) is 23.8 Å². The standard InChI is InChI=1S/C13H24O2/c1-4-5-6-7-8-12(10-14)13(15)9-11(2)3/h8,13-15H,2,4-7,9-10H2,1,3H3/b12-8+/t13-/m0/s1. The number of hydrogen-bond donors (Lipinski definition) is 2. The van der Waals surface area contributed by atoms with Crippen LogP contribution in [0.25, 0.3) is 0 Å². The fraction of sp³-hybridized carbons (Fsp3) is 0.692. The lowest BCUT2D eigenvalue weighted by atomic mass is 10.0. The Kier molecular flexibility index (Phi) is 8.34. The minimum atomic E-state index is -0.561. The van der Waals surface area contributed by atoms with Crippen molar-refractivity contribution in [2.75, 3.05) is 6.61 Å². The minimum absolute atomic E-state index is 0.0550. The number of rotatable bonds is 8. The molecule has 0 unspecified atom stereocenters. The van der Waals surface area contributed by atoms with Crippen molar-refractivity contribution in [3.63, 3.8) is 0 Å². The van der Waals surface area contributed by atoms with Gasteiger partial charge >= 0.3 is 0 Å². The van der Waals surface area contributed by atoms with E-state index in [0.29, 0.717) is 6.42 Å². The Morgan fingerprint density at radius 2 is 2.07 bits per heavy atom. The van der Waals surface area contributed by atoms with Gasteiger partial charge in [0, 0.05) is 0 Å². The van der Waals surface area contributed by atoms with Crippen molar-refractivity contribution >= 4 is 0 Å². The third-order valence-corrected chi connectivity index (χ3v) is 2.37. The maximum atomic E-state index is 9.75. The topological polar surface area (TPSA) is 40.5 Å². The molecule has 0 rings (SSSR count). The van der Waals surface area contributed by atoms with E-state index in [2.05, 4.69) is 13.5 Å². The lowest BCUT2D eigenvalue weighted by Gasteiger charge is -2.13. The Bertz CT molecular complexity index is 207. The van der Waals surface area contributed by atoms with Gasteiger partial charge in [0.1, 0.15) is 0 Å². The predicted octanol–water partition coefficient (Wildman–Crippen LogP) is 2.81. The Morgan fingerprint density at radius 1 is 1.40 bits per heavy atom. The van der Waals surface area contributed by atoms with E-state index in [1.807, 2.05) is 13.0 Å². The molecule has 0 aliphatic carbocycles. The van der Waals surface area contributed by atoms with Gasteiger partial charge in [-0.2, -0.15) is 0 Å². The Balaban J connectivity index is 4.02. The highest BCUT2D eigenvalue weighted by atomic mass is 16.3. The van der Waals surface area contributed by atoms with Gasteiger partial charge in [0.2, 0.25) is 0 Å². The summed E-state index contributed by atoms with van der Waals surface area (Å²) in [4.78, 5) is 0. The summed E-state index contributed by atoms with van der Waals surface area (Å²) in [6.07, 6.45) is 6.40. The molecule has 0 aromatic carbocycles. The summed E-state index contributed by atoms with van der Waals surface area (Å²) in [5.41, 5.74) is 1.67. The van der Waals surface area contributed by atoms with Crippen LogP contribution in [-0.4, -0.2) is 22.9 Å². The molecule has 0 saturated carbocycles. The first-order valence-electron chi connectivity index (χ1n) is 5.74. The Labute approximate surface area is 93.3 Å². The van der Waals surface area contributed by atoms with Gasteiger partial charge in [0.05, 0.1) is 12.7 Å². The van der Waals surface area contributed by atoms with Crippen LogP contribution in [0.4, 0.5) is 0 Å². The molecule has 0 saturated heterocycles. The molecule has 1 atom stereocenters. The highest BCUT2D eigenvalue weighted by molar-refractivity contribution is 5.11. The van der Waals surface area contributed by atoms with E-state index in [1.165, 1.54) is 12.8 Å². The predicted molar refractivity (Wildman–Crippen MR) is 64.7 cm³/mol. The molecule has 88 valence electrons. The molecule has 0 aromatic rings. The lowest BCUT2D eigenvalue weighted by molar-refractivity contribution is 0.187. The van der Waals surface area contributed by atoms with Crippen LogP contribution >= 0.6 is 0 Å². The van der Waals surface area contributed by atoms with Gasteiger partial charge in [-0.15, -0.1) is 6.58 Å². The van der Waals surface area contributed by atoms with Crippen molar-refractivity contribution in [1.82, 2.24) is 0 Å². The average Bonchev–Trinajstić information content (AvgIpc) is 2.16. The van der Waals surface area contributed by atoms with Gasteiger partial charge in [-0.25, -0.2) is 0 Å². The van der Waals surface area contributed by atoms with Gasteiger partial charge < -0.3 is 10.2 Å². The van der Waals surface area contributed by atoms with Crippen LogP contribution in [0, 0.1) is 0 Å². The van der Waals surface area contributed by atoms with Crippen molar-refractivity contribution < 1.29 is 10.2 Å². The molecule has 0 amide bonds. The molecular weight excluding hydrogens is 188 g/mol. The first-order chi connectivity index (χ1) is 7.11. The third-order valence-electron chi connectivity index (χ3n) is 2.37. The summed E-state index contributed by atoms with van der Waals surface area (Å²) in [5.74, 6) is 0. The lowest BCUT2D eigenvalue weighted by Crippen LogP contribution is -2.13. The molecule has 0 heterocycles. The van der Waals surface area contributed by atoms with E-state index in [9.17, 15) is 5.11 Å². The van der Waals surface area contributed by atoms with Gasteiger partial charge in [0.15, 0.2) is 0 Å². The van der Waals surface area contributed by atoms with E-state index < -0.39 is 6.10 Å². The summed E-state index contributed by atoms with van der Waals surface area (Å²) >= 11 is 0. The van der Waals surface area contributed by atoms with E-state index in [1.54, 1.807) is 0 Å². The minimum Gasteiger partial charge on any atom is -0.392 e. The molecule has 0 bridgehead atoms. The smallest absolute Gasteiger partial charge is 0.0809 e. The van der Waals surface area contributed by atoms with Crippen molar-refractivity contribution in [3.8, 4) is 0 Å². The molecule has 2 nitrogen and oxygen atoms in total. The van der Waals surface area contributed by atoms with Crippen LogP contribution in [0.15, 0.2) is 23.8 Å². The van der Waals surface area contributed by atoms with Crippen LogP contribution in [0.1, 0.15) is 46.0 Å². The molecule has 2 heteroatoms. The molecule has 0 fully saturated rings. The normalized spacial score (nSPS) is 14.0. The van der Waals surface area contributed by atoms with Gasteiger partial charge in [-0.1, -0.05) is 31.4 Å². The molecule has 0 aromatic heterocycles.